The van der Waals surface area contributed by atoms with Gasteiger partial charge in [0.1, 0.15) is 46.6 Å². The Bertz CT molecular complexity index is 2310. The van der Waals surface area contributed by atoms with Crippen molar-refractivity contribution >= 4 is 60.6 Å². The Morgan fingerprint density at radius 1 is 0.737 bits per heavy atom. The molecule has 0 saturated carbocycles. The zero-order valence-corrected chi connectivity index (χ0v) is 35.6. The lowest BCUT2D eigenvalue weighted by atomic mass is 9.79. The number of hydrogen-bond donors (Lipinski definition) is 0. The summed E-state index contributed by atoms with van der Waals surface area (Å²) in [7, 11) is 3.26. The fraction of sp³-hybridized carbons (Fsp3) is 0.304. The number of esters is 2. The second-order valence-corrected chi connectivity index (χ2v) is 16.5. The zero-order valence-electron chi connectivity index (χ0n) is 32.4. The standard InChI is InChI=1S/C46H44Br2O9/c1-6-45(56-25-24-55-44(50)29(3)48)37-15-11-10-14-33(37)40-35-26-38(51-4)39(52-5)27-36(35)42-34(41(40)45)20-21-46(57-42,30-12-8-7-9-13-30)31-16-18-32(19-17-31)53-22-23-54-43(49)28(2)47/h7-21,26-29H,6,22-25H2,1-5H3. The summed E-state index contributed by atoms with van der Waals surface area (Å²) in [6.07, 6.45) is 4.85. The fourth-order valence-corrected chi connectivity index (χ4v) is 8.09. The van der Waals surface area contributed by atoms with Crippen LogP contribution in [0.5, 0.6) is 23.0 Å². The molecule has 5 aromatic rings. The second kappa shape index (κ2) is 16.9. The van der Waals surface area contributed by atoms with Crippen LogP contribution in [0.4, 0.5) is 0 Å². The van der Waals surface area contributed by atoms with Crippen LogP contribution >= 0.6 is 31.9 Å². The van der Waals surface area contributed by atoms with Crippen LogP contribution in [0.3, 0.4) is 0 Å². The number of fused-ring (bicyclic) bond motifs is 8. The Labute approximate surface area is 349 Å². The van der Waals surface area contributed by atoms with Gasteiger partial charge in [-0.15, -0.1) is 0 Å². The summed E-state index contributed by atoms with van der Waals surface area (Å²) in [4.78, 5) is 23.4. The van der Waals surface area contributed by atoms with Gasteiger partial charge in [-0.05, 0) is 72.7 Å². The fourth-order valence-electron chi connectivity index (χ4n) is 7.82. The summed E-state index contributed by atoms with van der Waals surface area (Å²) in [5.74, 6) is 1.76. The predicted molar refractivity (Wildman–Crippen MR) is 227 cm³/mol. The molecule has 0 N–H and O–H groups in total. The number of rotatable bonds is 15. The molecule has 2 aliphatic rings. The third kappa shape index (κ3) is 7.41. The van der Waals surface area contributed by atoms with Gasteiger partial charge in [-0.25, -0.2) is 0 Å². The minimum atomic E-state index is -1.05. The van der Waals surface area contributed by atoms with E-state index in [0.717, 1.165) is 49.7 Å². The van der Waals surface area contributed by atoms with Crippen LogP contribution in [0.15, 0.2) is 97.1 Å². The van der Waals surface area contributed by atoms with E-state index in [-0.39, 0.29) is 43.2 Å². The molecule has 0 fully saturated rings. The minimum absolute atomic E-state index is 0.0964. The largest absolute Gasteiger partial charge is 0.493 e. The topological polar surface area (TPSA) is 98.8 Å². The molecule has 57 heavy (non-hydrogen) atoms. The van der Waals surface area contributed by atoms with Crippen molar-refractivity contribution in [1.82, 2.24) is 0 Å². The number of halogens is 2. The van der Waals surface area contributed by atoms with Crippen LogP contribution in [-0.4, -0.2) is 62.2 Å². The first-order chi connectivity index (χ1) is 27.6. The molecular weight excluding hydrogens is 856 g/mol. The molecule has 0 aromatic heterocycles. The molecule has 0 bridgehead atoms. The van der Waals surface area contributed by atoms with E-state index in [1.807, 2.05) is 66.7 Å². The van der Waals surface area contributed by atoms with Crippen molar-refractivity contribution < 1.29 is 42.7 Å². The van der Waals surface area contributed by atoms with Gasteiger partial charge < -0.3 is 33.2 Å². The Morgan fingerprint density at radius 2 is 1.33 bits per heavy atom. The maximum atomic E-state index is 12.4. The SMILES string of the molecule is CCC1(OCCOC(=O)C(C)Br)c2ccccc2-c2c1c1c(c3cc(OC)c(OC)cc23)OC(c2ccccc2)(c2ccc(OCCOC(=O)C(C)Br)cc2)C=C1. The van der Waals surface area contributed by atoms with E-state index in [0.29, 0.717) is 29.4 Å². The van der Waals surface area contributed by atoms with E-state index >= 15 is 0 Å². The van der Waals surface area contributed by atoms with Gasteiger partial charge in [0, 0.05) is 27.6 Å². The van der Waals surface area contributed by atoms with Gasteiger partial charge in [0.15, 0.2) is 17.1 Å². The van der Waals surface area contributed by atoms with Gasteiger partial charge >= 0.3 is 11.9 Å². The van der Waals surface area contributed by atoms with E-state index in [1.165, 1.54) is 0 Å². The monoisotopic (exact) mass is 898 g/mol. The average molecular weight is 901 g/mol. The van der Waals surface area contributed by atoms with E-state index in [9.17, 15) is 9.59 Å². The maximum absolute atomic E-state index is 12.4. The quantitative estimate of drug-likeness (QED) is 0.0578. The van der Waals surface area contributed by atoms with E-state index in [1.54, 1.807) is 28.1 Å². The lowest BCUT2D eigenvalue weighted by Crippen LogP contribution is -2.36. The van der Waals surface area contributed by atoms with Crippen LogP contribution < -0.4 is 18.9 Å². The normalized spacial score (nSPS) is 18.7. The summed E-state index contributed by atoms with van der Waals surface area (Å²) < 4.78 is 42.9. The molecule has 296 valence electrons. The molecule has 1 aliphatic heterocycles. The van der Waals surface area contributed by atoms with Crippen LogP contribution in [0.25, 0.3) is 28.0 Å². The van der Waals surface area contributed by atoms with Crippen LogP contribution in [0.2, 0.25) is 0 Å². The third-order valence-electron chi connectivity index (χ3n) is 10.5. The molecule has 0 spiro atoms. The highest BCUT2D eigenvalue weighted by atomic mass is 79.9. The van der Waals surface area contributed by atoms with Crippen molar-refractivity contribution in [3.63, 3.8) is 0 Å². The lowest BCUT2D eigenvalue weighted by molar-refractivity contribution is -0.146. The van der Waals surface area contributed by atoms with E-state index in [2.05, 4.69) is 75.2 Å². The average Bonchev–Trinajstić information content (AvgIpc) is 3.54. The molecular formula is C46H44Br2O9. The number of benzene rings is 5. The van der Waals surface area contributed by atoms with Gasteiger partial charge in [-0.1, -0.05) is 112 Å². The van der Waals surface area contributed by atoms with Crippen LogP contribution in [0, 0.1) is 0 Å². The Hall–Kier alpha value is -4.84. The number of alkyl halides is 2. The number of ether oxygens (including phenoxy) is 7. The molecule has 0 amide bonds. The first-order valence-corrected chi connectivity index (χ1v) is 20.7. The van der Waals surface area contributed by atoms with Gasteiger partial charge in [0.05, 0.1) is 20.8 Å². The van der Waals surface area contributed by atoms with Gasteiger partial charge in [-0.2, -0.15) is 0 Å². The summed E-state index contributed by atoms with van der Waals surface area (Å²) in [6.45, 7) is 6.18. The summed E-state index contributed by atoms with van der Waals surface area (Å²) in [5.41, 5.74) is 4.79. The van der Waals surface area contributed by atoms with Gasteiger partial charge in [0.2, 0.25) is 0 Å². The Kier molecular flexibility index (Phi) is 12.0. The molecule has 9 nitrogen and oxygen atoms in total. The number of hydrogen-bond acceptors (Lipinski definition) is 9. The van der Waals surface area contributed by atoms with Crippen molar-refractivity contribution in [2.75, 3.05) is 40.6 Å². The summed E-state index contributed by atoms with van der Waals surface area (Å²) in [6, 6.07) is 30.2. The first kappa shape index (κ1) is 40.4. The minimum Gasteiger partial charge on any atom is -0.493 e. The van der Waals surface area contributed by atoms with Crippen molar-refractivity contribution in [2.24, 2.45) is 0 Å². The highest BCUT2D eigenvalue weighted by Crippen LogP contribution is 2.60. The lowest BCUT2D eigenvalue weighted by Gasteiger charge is -2.39. The van der Waals surface area contributed by atoms with Crippen LogP contribution in [0.1, 0.15) is 55.0 Å². The van der Waals surface area contributed by atoms with Gasteiger partial charge in [-0.3, -0.25) is 9.59 Å². The van der Waals surface area contributed by atoms with E-state index in [4.69, 9.17) is 33.2 Å². The molecule has 1 aliphatic carbocycles. The number of methoxy groups -OCH3 is 2. The van der Waals surface area contributed by atoms with Crippen molar-refractivity contribution in [3.8, 4) is 34.1 Å². The van der Waals surface area contributed by atoms with Crippen LogP contribution in [-0.2, 0) is 35.0 Å². The number of carbonyl (C=O) groups excluding carboxylic acids is 2. The third-order valence-corrected chi connectivity index (χ3v) is 11.2. The van der Waals surface area contributed by atoms with E-state index < -0.39 is 16.0 Å². The smallest absolute Gasteiger partial charge is 0.319 e. The summed E-state index contributed by atoms with van der Waals surface area (Å²) in [5, 5.41) is 1.77. The highest BCUT2D eigenvalue weighted by Gasteiger charge is 2.49. The first-order valence-electron chi connectivity index (χ1n) is 18.9. The molecule has 5 aromatic carbocycles. The Balaban J connectivity index is 1.39. The van der Waals surface area contributed by atoms with Crippen molar-refractivity contribution in [1.29, 1.82) is 0 Å². The molecule has 11 heteroatoms. The van der Waals surface area contributed by atoms with Crippen molar-refractivity contribution in [3.05, 3.63) is 125 Å². The maximum Gasteiger partial charge on any atom is 0.319 e. The second-order valence-electron chi connectivity index (χ2n) is 13.8. The molecule has 0 saturated heterocycles. The molecule has 4 atom stereocenters. The molecule has 1 heterocycles. The van der Waals surface area contributed by atoms with Gasteiger partial charge in [0.25, 0.3) is 0 Å². The Morgan fingerprint density at radius 3 is 1.96 bits per heavy atom. The molecule has 7 rings (SSSR count). The number of carbonyl (C=O) groups is 2. The molecule has 4 unspecified atom stereocenters. The zero-order chi connectivity index (χ0) is 40.3. The summed E-state index contributed by atoms with van der Waals surface area (Å²) >= 11 is 6.53. The highest BCUT2D eigenvalue weighted by molar-refractivity contribution is 9.10. The predicted octanol–water partition coefficient (Wildman–Crippen LogP) is 9.89. The van der Waals surface area contributed by atoms with Crippen molar-refractivity contribution in [2.45, 2.75) is 48.0 Å². The molecule has 0 radical (unpaired) electrons.